The third kappa shape index (κ3) is 3.57. The maximum absolute atomic E-state index is 12.6. The third-order valence-corrected chi connectivity index (χ3v) is 5.06. The second-order valence-corrected chi connectivity index (χ2v) is 6.29. The van der Waals surface area contributed by atoms with Crippen LogP contribution in [0.2, 0.25) is 5.02 Å². The molecule has 0 saturated carbocycles. The first-order chi connectivity index (χ1) is 10.2. The molecular formula is C16H23Cl2N3O. The van der Waals surface area contributed by atoms with Gasteiger partial charge in [-0.2, -0.15) is 0 Å². The monoisotopic (exact) mass is 343 g/mol. The van der Waals surface area contributed by atoms with E-state index in [1.807, 2.05) is 30.0 Å². The highest BCUT2D eigenvalue weighted by molar-refractivity contribution is 6.31. The van der Waals surface area contributed by atoms with Gasteiger partial charge in [0, 0.05) is 49.4 Å². The van der Waals surface area contributed by atoms with Crippen LogP contribution in [0.3, 0.4) is 0 Å². The van der Waals surface area contributed by atoms with Crippen molar-refractivity contribution in [2.24, 2.45) is 0 Å². The number of nitrogens with one attached hydrogen (secondary N) is 1. The van der Waals surface area contributed by atoms with Gasteiger partial charge in [0.15, 0.2) is 0 Å². The molecule has 2 aliphatic rings. The molecular weight excluding hydrogens is 321 g/mol. The number of hydrogen-bond donors (Lipinski definition) is 1. The summed E-state index contributed by atoms with van der Waals surface area (Å²) in [4.78, 5) is 17.1. The van der Waals surface area contributed by atoms with Crippen molar-refractivity contribution in [2.75, 3.05) is 39.3 Å². The number of nitrogens with zero attached hydrogens (tertiary/aromatic N) is 2. The number of benzene rings is 1. The van der Waals surface area contributed by atoms with E-state index in [2.05, 4.69) is 10.2 Å². The molecule has 1 N–H and O–H groups in total. The first-order valence-corrected chi connectivity index (χ1v) is 8.04. The molecule has 1 atom stereocenters. The molecule has 22 heavy (non-hydrogen) atoms. The number of hydrogen-bond acceptors (Lipinski definition) is 3. The zero-order chi connectivity index (χ0) is 14.8. The highest BCUT2D eigenvalue weighted by Gasteiger charge is 2.28. The molecule has 3 rings (SSSR count). The molecule has 2 aliphatic heterocycles. The quantitative estimate of drug-likeness (QED) is 0.893. The van der Waals surface area contributed by atoms with Crippen molar-refractivity contribution >= 4 is 29.9 Å². The Morgan fingerprint density at radius 3 is 2.64 bits per heavy atom. The molecule has 0 radical (unpaired) electrons. The van der Waals surface area contributed by atoms with E-state index in [-0.39, 0.29) is 18.3 Å². The predicted molar refractivity (Wildman–Crippen MR) is 92.2 cm³/mol. The molecule has 0 aromatic heterocycles. The molecule has 4 nitrogen and oxygen atoms in total. The van der Waals surface area contributed by atoms with Crippen molar-refractivity contribution in [3.8, 4) is 0 Å². The summed E-state index contributed by atoms with van der Waals surface area (Å²) in [5.41, 5.74) is 1.62. The Hall–Kier alpha value is -0.810. The van der Waals surface area contributed by atoms with Crippen molar-refractivity contribution in [1.29, 1.82) is 0 Å². The SMILES string of the molecule is Cc1c(Cl)cccc1C(=O)N1CCN(C2CCNC2)CC1.Cl. The van der Waals surface area contributed by atoms with E-state index < -0.39 is 0 Å². The molecule has 6 heteroatoms. The van der Waals surface area contributed by atoms with Gasteiger partial charge in [-0.05, 0) is 37.6 Å². The molecule has 1 amide bonds. The van der Waals surface area contributed by atoms with E-state index >= 15 is 0 Å². The second-order valence-electron chi connectivity index (χ2n) is 5.89. The van der Waals surface area contributed by atoms with E-state index in [9.17, 15) is 4.79 Å². The number of carbonyl (C=O) groups is 1. The van der Waals surface area contributed by atoms with Gasteiger partial charge in [0.2, 0.25) is 0 Å². The van der Waals surface area contributed by atoms with E-state index in [0.29, 0.717) is 11.1 Å². The Morgan fingerprint density at radius 2 is 2.00 bits per heavy atom. The lowest BCUT2D eigenvalue weighted by atomic mass is 10.1. The van der Waals surface area contributed by atoms with Crippen LogP contribution in [-0.2, 0) is 0 Å². The molecule has 122 valence electrons. The van der Waals surface area contributed by atoms with E-state index in [0.717, 1.165) is 50.4 Å². The van der Waals surface area contributed by atoms with Crippen LogP contribution in [0.4, 0.5) is 0 Å². The summed E-state index contributed by atoms with van der Waals surface area (Å²) in [6, 6.07) is 6.20. The van der Waals surface area contributed by atoms with Crippen molar-refractivity contribution in [1.82, 2.24) is 15.1 Å². The van der Waals surface area contributed by atoms with Gasteiger partial charge in [0.25, 0.3) is 5.91 Å². The molecule has 1 unspecified atom stereocenters. The second kappa shape index (κ2) is 7.64. The molecule has 2 fully saturated rings. The summed E-state index contributed by atoms with van der Waals surface area (Å²) in [6.07, 6.45) is 1.22. The van der Waals surface area contributed by atoms with Crippen LogP contribution in [0, 0.1) is 6.92 Å². The fraction of sp³-hybridized carbons (Fsp3) is 0.562. The lowest BCUT2D eigenvalue weighted by molar-refractivity contribution is 0.0583. The summed E-state index contributed by atoms with van der Waals surface area (Å²) in [5.74, 6) is 0.110. The van der Waals surface area contributed by atoms with Gasteiger partial charge in [-0.15, -0.1) is 12.4 Å². The topological polar surface area (TPSA) is 35.6 Å². The van der Waals surface area contributed by atoms with Crippen LogP contribution in [-0.4, -0.2) is 61.0 Å². The van der Waals surface area contributed by atoms with Gasteiger partial charge in [-0.25, -0.2) is 0 Å². The smallest absolute Gasteiger partial charge is 0.254 e. The highest BCUT2D eigenvalue weighted by atomic mass is 35.5. The largest absolute Gasteiger partial charge is 0.336 e. The Bertz CT molecular complexity index is 524. The summed E-state index contributed by atoms with van der Waals surface area (Å²) in [6.45, 7) is 7.67. The molecule has 1 aromatic carbocycles. The lowest BCUT2D eigenvalue weighted by Gasteiger charge is -2.38. The van der Waals surface area contributed by atoms with Gasteiger partial charge in [0.05, 0.1) is 0 Å². The molecule has 2 saturated heterocycles. The lowest BCUT2D eigenvalue weighted by Crippen LogP contribution is -2.52. The fourth-order valence-electron chi connectivity index (χ4n) is 3.25. The third-order valence-electron chi connectivity index (χ3n) is 4.65. The van der Waals surface area contributed by atoms with E-state index in [4.69, 9.17) is 11.6 Å². The number of halogens is 2. The van der Waals surface area contributed by atoms with Crippen molar-refractivity contribution in [2.45, 2.75) is 19.4 Å². The minimum Gasteiger partial charge on any atom is -0.336 e. The minimum absolute atomic E-state index is 0. The van der Waals surface area contributed by atoms with Gasteiger partial charge in [0.1, 0.15) is 0 Å². The van der Waals surface area contributed by atoms with Crippen LogP contribution in [0.15, 0.2) is 18.2 Å². The standard InChI is InChI=1S/C16H22ClN3O.ClH/c1-12-14(3-2-4-15(12)17)16(21)20-9-7-19(8-10-20)13-5-6-18-11-13;/h2-4,13,18H,5-11H2,1H3;1H. The summed E-state index contributed by atoms with van der Waals surface area (Å²) in [7, 11) is 0. The van der Waals surface area contributed by atoms with Gasteiger partial charge < -0.3 is 10.2 Å². The maximum Gasteiger partial charge on any atom is 0.254 e. The first-order valence-electron chi connectivity index (χ1n) is 7.66. The molecule has 0 spiro atoms. The van der Waals surface area contributed by atoms with Crippen LogP contribution in [0.1, 0.15) is 22.3 Å². The van der Waals surface area contributed by atoms with Crippen molar-refractivity contribution in [3.05, 3.63) is 34.3 Å². The Morgan fingerprint density at radius 1 is 1.27 bits per heavy atom. The molecule has 2 heterocycles. The first kappa shape index (κ1) is 17.5. The number of rotatable bonds is 2. The number of carbonyl (C=O) groups excluding carboxylic acids is 1. The molecule has 0 bridgehead atoms. The van der Waals surface area contributed by atoms with Crippen LogP contribution in [0.25, 0.3) is 0 Å². The summed E-state index contributed by atoms with van der Waals surface area (Å²) < 4.78 is 0. The summed E-state index contributed by atoms with van der Waals surface area (Å²) >= 11 is 6.12. The van der Waals surface area contributed by atoms with Crippen molar-refractivity contribution in [3.63, 3.8) is 0 Å². The van der Waals surface area contributed by atoms with Gasteiger partial charge in [-0.3, -0.25) is 9.69 Å². The maximum atomic E-state index is 12.6. The highest BCUT2D eigenvalue weighted by Crippen LogP contribution is 2.21. The number of piperazine rings is 1. The van der Waals surface area contributed by atoms with E-state index in [1.165, 1.54) is 6.42 Å². The average molecular weight is 344 g/mol. The Labute approximate surface area is 143 Å². The Kier molecular flexibility index (Phi) is 6.09. The number of amides is 1. The average Bonchev–Trinajstić information content (AvgIpc) is 3.04. The zero-order valence-corrected chi connectivity index (χ0v) is 14.4. The van der Waals surface area contributed by atoms with E-state index in [1.54, 1.807) is 0 Å². The van der Waals surface area contributed by atoms with Crippen molar-refractivity contribution < 1.29 is 4.79 Å². The normalized spacial score (nSPS) is 22.5. The zero-order valence-electron chi connectivity index (χ0n) is 12.8. The summed E-state index contributed by atoms with van der Waals surface area (Å²) in [5, 5.41) is 4.07. The minimum atomic E-state index is 0. The van der Waals surface area contributed by atoms with Gasteiger partial charge in [-0.1, -0.05) is 17.7 Å². The Balaban J connectivity index is 0.00000176. The fourth-order valence-corrected chi connectivity index (χ4v) is 3.43. The molecule has 0 aliphatic carbocycles. The van der Waals surface area contributed by atoms with Gasteiger partial charge >= 0.3 is 0 Å². The predicted octanol–water partition coefficient (Wildman–Crippen LogP) is 2.19. The van der Waals surface area contributed by atoms with Crippen LogP contribution in [0.5, 0.6) is 0 Å². The molecule has 1 aromatic rings. The van der Waals surface area contributed by atoms with Crippen LogP contribution < -0.4 is 5.32 Å². The van der Waals surface area contributed by atoms with Crippen LogP contribution >= 0.6 is 24.0 Å².